The zero-order chi connectivity index (χ0) is 26.7. The molecule has 7 nitrogen and oxygen atoms in total. The van der Waals surface area contributed by atoms with Crippen LogP contribution in [0.4, 0.5) is 5.69 Å². The summed E-state index contributed by atoms with van der Waals surface area (Å²) in [5, 5.41) is 2.97. The molecular weight excluding hydrogens is 474 g/mol. The highest BCUT2D eigenvalue weighted by molar-refractivity contribution is 7.92. The third-order valence-corrected chi connectivity index (χ3v) is 7.19. The van der Waals surface area contributed by atoms with Crippen LogP contribution in [0.5, 0.6) is 0 Å². The predicted octanol–water partition coefficient (Wildman–Crippen LogP) is 4.16. The van der Waals surface area contributed by atoms with Crippen LogP contribution in [-0.2, 0) is 26.0 Å². The number of carbonyl (C=O) groups excluding carboxylic acids is 2. The van der Waals surface area contributed by atoms with Crippen LogP contribution in [0.1, 0.15) is 51.2 Å². The van der Waals surface area contributed by atoms with Gasteiger partial charge in [-0.2, -0.15) is 0 Å². The van der Waals surface area contributed by atoms with E-state index in [1.54, 1.807) is 11.0 Å². The highest BCUT2D eigenvalue weighted by Gasteiger charge is 2.28. The largest absolute Gasteiger partial charge is 0.354 e. The minimum Gasteiger partial charge on any atom is -0.354 e. The van der Waals surface area contributed by atoms with Crippen molar-refractivity contribution in [2.75, 3.05) is 30.2 Å². The van der Waals surface area contributed by atoms with Gasteiger partial charge < -0.3 is 10.2 Å². The third-order valence-electron chi connectivity index (χ3n) is 6.00. The molecular formula is C28H41N3O4S. The molecule has 0 spiro atoms. The highest BCUT2D eigenvalue weighted by Crippen LogP contribution is 2.20. The Morgan fingerprint density at radius 3 is 2.28 bits per heavy atom. The highest BCUT2D eigenvalue weighted by atomic mass is 32.2. The minimum absolute atomic E-state index is 0.143. The molecule has 0 aliphatic rings. The van der Waals surface area contributed by atoms with E-state index >= 15 is 0 Å². The van der Waals surface area contributed by atoms with Crippen LogP contribution in [0.3, 0.4) is 0 Å². The van der Waals surface area contributed by atoms with Gasteiger partial charge in [0.1, 0.15) is 6.04 Å². The number of nitrogens with one attached hydrogen (secondary N) is 1. The molecule has 8 heteroatoms. The Morgan fingerprint density at radius 1 is 1.00 bits per heavy atom. The third kappa shape index (κ3) is 9.30. The molecule has 1 N–H and O–H groups in total. The molecule has 2 amide bonds. The van der Waals surface area contributed by atoms with Crippen LogP contribution in [0.25, 0.3) is 0 Å². The van der Waals surface area contributed by atoms with Gasteiger partial charge in [-0.05, 0) is 55.4 Å². The second-order valence-electron chi connectivity index (χ2n) is 9.66. The van der Waals surface area contributed by atoms with Gasteiger partial charge >= 0.3 is 0 Å². The number of anilines is 1. The van der Waals surface area contributed by atoms with Crippen molar-refractivity contribution < 1.29 is 18.0 Å². The molecule has 198 valence electrons. The van der Waals surface area contributed by atoms with Crippen LogP contribution in [0, 0.1) is 12.8 Å². The summed E-state index contributed by atoms with van der Waals surface area (Å²) >= 11 is 0. The zero-order valence-corrected chi connectivity index (χ0v) is 23.1. The Bertz CT molecular complexity index is 1090. The molecule has 2 rings (SSSR count). The number of carbonyl (C=O) groups is 2. The Kier molecular flexibility index (Phi) is 11.4. The number of aryl methyl sites for hydroxylation is 1. The lowest BCUT2D eigenvalue weighted by atomic mass is 10.1. The average Bonchev–Trinajstić information content (AvgIpc) is 2.82. The van der Waals surface area contributed by atoms with E-state index in [1.165, 1.54) is 10.6 Å². The fraction of sp³-hybridized carbons (Fsp3) is 0.500. The maximum absolute atomic E-state index is 13.4. The molecule has 2 aromatic carbocycles. The monoisotopic (exact) mass is 515 g/mol. The lowest BCUT2D eigenvalue weighted by molar-refractivity contribution is -0.140. The van der Waals surface area contributed by atoms with Gasteiger partial charge in [-0.3, -0.25) is 13.9 Å². The summed E-state index contributed by atoms with van der Waals surface area (Å²) in [6, 6.07) is 16.6. The van der Waals surface area contributed by atoms with E-state index in [2.05, 4.69) is 5.32 Å². The SMILES string of the molecule is CC[C@@H](C(=O)NCC(C)C)N(CCc1ccccc1)C(=O)CCCN(c1cccc(C)c1)S(C)(=O)=O. The minimum atomic E-state index is -3.50. The number of amides is 2. The Labute approximate surface area is 216 Å². The Morgan fingerprint density at radius 2 is 1.69 bits per heavy atom. The van der Waals surface area contributed by atoms with Crippen molar-refractivity contribution in [3.05, 3.63) is 65.7 Å². The molecule has 0 saturated carbocycles. The fourth-order valence-corrected chi connectivity index (χ4v) is 5.06. The van der Waals surface area contributed by atoms with Gasteiger partial charge in [0.05, 0.1) is 11.9 Å². The summed E-state index contributed by atoms with van der Waals surface area (Å²) in [7, 11) is -3.50. The summed E-state index contributed by atoms with van der Waals surface area (Å²) in [5.74, 6) is 0.0174. The summed E-state index contributed by atoms with van der Waals surface area (Å²) in [6.07, 6.45) is 2.82. The molecule has 0 unspecified atom stereocenters. The summed E-state index contributed by atoms with van der Waals surface area (Å²) in [4.78, 5) is 28.0. The van der Waals surface area contributed by atoms with Gasteiger partial charge in [0.25, 0.3) is 0 Å². The van der Waals surface area contributed by atoms with E-state index in [0.29, 0.717) is 44.0 Å². The number of rotatable bonds is 14. The smallest absolute Gasteiger partial charge is 0.242 e. The van der Waals surface area contributed by atoms with Crippen LogP contribution in [-0.4, -0.2) is 57.1 Å². The number of hydrogen-bond donors (Lipinski definition) is 1. The van der Waals surface area contributed by atoms with Crippen molar-refractivity contribution in [2.24, 2.45) is 5.92 Å². The van der Waals surface area contributed by atoms with Crippen molar-refractivity contribution in [2.45, 2.75) is 59.4 Å². The lowest BCUT2D eigenvalue weighted by Crippen LogP contribution is -2.50. The van der Waals surface area contributed by atoms with Gasteiger partial charge in [0, 0.05) is 26.1 Å². The summed E-state index contributed by atoms with van der Waals surface area (Å²) in [6.45, 7) is 9.04. The number of sulfonamides is 1. The molecule has 0 bridgehead atoms. The van der Waals surface area contributed by atoms with Gasteiger partial charge in [-0.15, -0.1) is 0 Å². The van der Waals surface area contributed by atoms with Crippen molar-refractivity contribution in [3.63, 3.8) is 0 Å². The molecule has 0 aromatic heterocycles. The van der Waals surface area contributed by atoms with E-state index in [4.69, 9.17) is 0 Å². The van der Waals surface area contributed by atoms with Gasteiger partial charge in [0.2, 0.25) is 21.8 Å². The number of hydrogen-bond acceptors (Lipinski definition) is 4. The maximum atomic E-state index is 13.4. The summed E-state index contributed by atoms with van der Waals surface area (Å²) < 4.78 is 26.3. The molecule has 0 saturated heterocycles. The van der Waals surface area contributed by atoms with E-state index < -0.39 is 16.1 Å². The molecule has 36 heavy (non-hydrogen) atoms. The van der Waals surface area contributed by atoms with Gasteiger partial charge in [-0.1, -0.05) is 63.2 Å². The van der Waals surface area contributed by atoms with E-state index in [0.717, 1.165) is 11.1 Å². The number of nitrogens with zero attached hydrogens (tertiary/aromatic N) is 2. The molecule has 0 aliphatic heterocycles. The van der Waals surface area contributed by atoms with Gasteiger partial charge in [-0.25, -0.2) is 8.42 Å². The van der Waals surface area contributed by atoms with E-state index in [-0.39, 0.29) is 24.8 Å². The second kappa shape index (κ2) is 14.0. The van der Waals surface area contributed by atoms with Crippen molar-refractivity contribution in [1.29, 1.82) is 0 Å². The summed E-state index contributed by atoms with van der Waals surface area (Å²) in [5.41, 5.74) is 2.64. The van der Waals surface area contributed by atoms with Crippen LogP contribution < -0.4 is 9.62 Å². The lowest BCUT2D eigenvalue weighted by Gasteiger charge is -2.31. The topological polar surface area (TPSA) is 86.8 Å². The molecule has 0 radical (unpaired) electrons. The van der Waals surface area contributed by atoms with Crippen LogP contribution in [0.2, 0.25) is 0 Å². The first-order valence-corrected chi connectivity index (χ1v) is 14.5. The average molecular weight is 516 g/mol. The zero-order valence-electron chi connectivity index (χ0n) is 22.2. The normalized spacial score (nSPS) is 12.3. The molecule has 0 aliphatic carbocycles. The molecule has 1 atom stereocenters. The van der Waals surface area contributed by atoms with Crippen molar-refractivity contribution in [3.8, 4) is 0 Å². The van der Waals surface area contributed by atoms with Crippen LogP contribution in [0.15, 0.2) is 54.6 Å². The van der Waals surface area contributed by atoms with E-state index in [9.17, 15) is 18.0 Å². The first kappa shape index (κ1) is 29.4. The Hall–Kier alpha value is -2.87. The maximum Gasteiger partial charge on any atom is 0.242 e. The van der Waals surface area contributed by atoms with Crippen molar-refractivity contribution in [1.82, 2.24) is 10.2 Å². The Balaban J connectivity index is 2.15. The first-order valence-electron chi connectivity index (χ1n) is 12.7. The predicted molar refractivity (Wildman–Crippen MR) is 146 cm³/mol. The standard InChI is InChI=1S/C28H41N3O4S/c1-6-26(28(33)29-21-22(2)3)30(19-17-24-13-8-7-9-14-24)27(32)16-11-18-31(36(5,34)35)25-15-10-12-23(4)20-25/h7-10,12-15,20,22,26H,6,11,16-19,21H2,1-5H3,(H,29,33)/t26-/m0/s1. The van der Waals surface area contributed by atoms with Crippen LogP contribution >= 0.6 is 0 Å². The first-order chi connectivity index (χ1) is 17.0. The van der Waals surface area contributed by atoms with E-state index in [1.807, 2.05) is 76.2 Å². The molecule has 0 heterocycles. The second-order valence-corrected chi connectivity index (χ2v) is 11.6. The quantitative estimate of drug-likeness (QED) is 0.409. The van der Waals surface area contributed by atoms with Gasteiger partial charge in [0.15, 0.2) is 0 Å². The fourth-order valence-electron chi connectivity index (χ4n) is 4.11. The molecule has 0 fully saturated rings. The molecule has 2 aromatic rings. The van der Waals surface area contributed by atoms with Crippen molar-refractivity contribution >= 4 is 27.5 Å². The number of benzene rings is 2.